The molecule has 2 fully saturated rings. The molecule has 2 heterocycles. The molecule has 1 aromatic carbocycles. The molecule has 1 aromatic rings. The van der Waals surface area contributed by atoms with Gasteiger partial charge in [-0.25, -0.2) is 0 Å². The number of carbonyl (C=O) groups is 1. The largest absolute Gasteiger partial charge is 0.396 e. The molecule has 0 atom stereocenters. The van der Waals surface area contributed by atoms with E-state index in [1.807, 2.05) is 31.3 Å². The number of hydrogen-bond donors (Lipinski definition) is 1. The zero-order chi connectivity index (χ0) is 17.7. The zero-order valence-corrected chi connectivity index (χ0v) is 14.9. The molecule has 2 aliphatic rings. The first-order valence-corrected chi connectivity index (χ1v) is 9.00. The summed E-state index contributed by atoms with van der Waals surface area (Å²) in [6.45, 7) is 5.20. The van der Waals surface area contributed by atoms with Gasteiger partial charge in [-0.1, -0.05) is 0 Å². The highest BCUT2D eigenvalue weighted by atomic mass is 16.5. The molecule has 3 rings (SSSR count). The number of carbonyl (C=O) groups excluding carboxylic acids is 1. The maximum Gasteiger partial charge on any atom is 0.253 e. The molecule has 0 radical (unpaired) electrons. The average Bonchev–Trinajstić information content (AvgIpc) is 2.69. The Morgan fingerprint density at radius 3 is 2.32 bits per heavy atom. The summed E-state index contributed by atoms with van der Waals surface area (Å²) in [4.78, 5) is 16.7. The van der Waals surface area contributed by atoms with Gasteiger partial charge in [-0.05, 0) is 37.1 Å². The van der Waals surface area contributed by atoms with E-state index in [-0.39, 0.29) is 17.9 Å². The molecule has 2 saturated heterocycles. The lowest BCUT2D eigenvalue weighted by atomic mass is 9.80. The summed E-state index contributed by atoms with van der Waals surface area (Å²) in [5.74, 6) is -0.00663. The first-order chi connectivity index (χ1) is 12.1. The molecule has 1 N–H and O–H groups in total. The van der Waals surface area contributed by atoms with E-state index in [2.05, 4.69) is 4.90 Å². The van der Waals surface area contributed by atoms with Gasteiger partial charge in [-0.2, -0.15) is 0 Å². The SMILES string of the molecule is CN(CC1(CO)CCOCC1)C(=O)c1ccc(N2CCOCC2)cc1. The van der Waals surface area contributed by atoms with Crippen LogP contribution in [0.4, 0.5) is 5.69 Å². The Balaban J connectivity index is 1.63. The highest BCUT2D eigenvalue weighted by Gasteiger charge is 2.34. The Bertz CT molecular complexity index is 563. The Morgan fingerprint density at radius 2 is 1.72 bits per heavy atom. The first kappa shape index (κ1) is 18.2. The van der Waals surface area contributed by atoms with Crippen LogP contribution in [0.5, 0.6) is 0 Å². The van der Waals surface area contributed by atoms with Crippen LogP contribution in [0, 0.1) is 5.41 Å². The third-order valence-electron chi connectivity index (χ3n) is 5.30. The quantitative estimate of drug-likeness (QED) is 0.871. The molecule has 6 nitrogen and oxygen atoms in total. The van der Waals surface area contributed by atoms with E-state index in [0.717, 1.165) is 44.8 Å². The van der Waals surface area contributed by atoms with E-state index < -0.39 is 0 Å². The molecule has 25 heavy (non-hydrogen) atoms. The highest BCUT2D eigenvalue weighted by molar-refractivity contribution is 5.94. The average molecular weight is 348 g/mol. The molecule has 1 amide bonds. The molecule has 0 saturated carbocycles. The number of ether oxygens (including phenoxy) is 2. The van der Waals surface area contributed by atoms with Crippen molar-refractivity contribution in [2.24, 2.45) is 5.41 Å². The van der Waals surface area contributed by atoms with E-state index in [0.29, 0.717) is 25.3 Å². The lowest BCUT2D eigenvalue weighted by Gasteiger charge is -2.38. The number of rotatable bonds is 5. The molecule has 2 aliphatic heterocycles. The van der Waals surface area contributed by atoms with Gasteiger partial charge < -0.3 is 24.4 Å². The molecule has 0 bridgehead atoms. The molecule has 138 valence electrons. The first-order valence-electron chi connectivity index (χ1n) is 9.00. The minimum Gasteiger partial charge on any atom is -0.396 e. The van der Waals surface area contributed by atoms with Crippen molar-refractivity contribution >= 4 is 11.6 Å². The van der Waals surface area contributed by atoms with Crippen LogP contribution in [-0.2, 0) is 9.47 Å². The van der Waals surface area contributed by atoms with Crippen LogP contribution in [-0.4, -0.2) is 75.6 Å². The van der Waals surface area contributed by atoms with Crippen LogP contribution in [0.1, 0.15) is 23.2 Å². The predicted octanol–water partition coefficient (Wildman–Crippen LogP) is 1.38. The lowest BCUT2D eigenvalue weighted by Crippen LogP contribution is -2.44. The number of nitrogens with zero attached hydrogens (tertiary/aromatic N) is 2. The van der Waals surface area contributed by atoms with Gasteiger partial charge >= 0.3 is 0 Å². The van der Waals surface area contributed by atoms with Crippen molar-refractivity contribution in [1.29, 1.82) is 0 Å². The predicted molar refractivity (Wildman–Crippen MR) is 96.0 cm³/mol. The molecule has 0 unspecified atom stereocenters. The highest BCUT2D eigenvalue weighted by Crippen LogP contribution is 2.31. The molecular weight excluding hydrogens is 320 g/mol. The number of morpholine rings is 1. The Labute approximate surface area is 149 Å². The number of aliphatic hydroxyl groups excluding tert-OH is 1. The number of hydrogen-bond acceptors (Lipinski definition) is 5. The van der Waals surface area contributed by atoms with Crippen LogP contribution in [0.3, 0.4) is 0 Å². The maximum atomic E-state index is 12.7. The molecule has 0 aromatic heterocycles. The minimum atomic E-state index is -0.240. The lowest BCUT2D eigenvalue weighted by molar-refractivity contribution is -0.0282. The Hall–Kier alpha value is -1.63. The summed E-state index contributed by atoms with van der Waals surface area (Å²) in [6.07, 6.45) is 1.58. The Kier molecular flexibility index (Phi) is 5.93. The fourth-order valence-electron chi connectivity index (χ4n) is 3.60. The van der Waals surface area contributed by atoms with Gasteiger partial charge in [-0.3, -0.25) is 4.79 Å². The number of anilines is 1. The van der Waals surface area contributed by atoms with E-state index in [9.17, 15) is 9.90 Å². The summed E-state index contributed by atoms with van der Waals surface area (Å²) in [7, 11) is 1.81. The fourth-order valence-corrected chi connectivity index (χ4v) is 3.60. The number of amides is 1. The van der Waals surface area contributed by atoms with E-state index in [1.165, 1.54) is 0 Å². The van der Waals surface area contributed by atoms with E-state index in [1.54, 1.807) is 4.90 Å². The third kappa shape index (κ3) is 4.32. The van der Waals surface area contributed by atoms with Gasteiger partial charge in [-0.15, -0.1) is 0 Å². The van der Waals surface area contributed by atoms with Crippen molar-refractivity contribution < 1.29 is 19.4 Å². The van der Waals surface area contributed by atoms with Crippen molar-refractivity contribution in [3.63, 3.8) is 0 Å². The van der Waals surface area contributed by atoms with Crippen LogP contribution >= 0.6 is 0 Å². The van der Waals surface area contributed by atoms with Crippen LogP contribution in [0.2, 0.25) is 0 Å². The standard InChI is InChI=1S/C19H28N2O4/c1-20(14-19(15-22)6-10-24-11-7-19)18(23)16-2-4-17(5-3-16)21-8-12-25-13-9-21/h2-5,22H,6-15H2,1H3. The van der Waals surface area contributed by atoms with Gasteiger partial charge in [0, 0.05) is 56.6 Å². The van der Waals surface area contributed by atoms with Crippen molar-refractivity contribution in [1.82, 2.24) is 4.90 Å². The smallest absolute Gasteiger partial charge is 0.253 e. The van der Waals surface area contributed by atoms with Gasteiger partial charge in [0.05, 0.1) is 19.8 Å². The summed E-state index contributed by atoms with van der Waals surface area (Å²) in [5, 5.41) is 9.81. The van der Waals surface area contributed by atoms with Crippen molar-refractivity contribution in [3.05, 3.63) is 29.8 Å². The topological polar surface area (TPSA) is 62.2 Å². The second kappa shape index (κ2) is 8.17. The number of benzene rings is 1. The second-order valence-electron chi connectivity index (χ2n) is 7.08. The Morgan fingerprint density at radius 1 is 1.12 bits per heavy atom. The van der Waals surface area contributed by atoms with Gasteiger partial charge in [0.1, 0.15) is 0 Å². The summed E-state index contributed by atoms with van der Waals surface area (Å²) < 4.78 is 10.8. The fraction of sp³-hybridized carbons (Fsp3) is 0.632. The second-order valence-corrected chi connectivity index (χ2v) is 7.08. The third-order valence-corrected chi connectivity index (χ3v) is 5.30. The molecular formula is C19H28N2O4. The van der Waals surface area contributed by atoms with Crippen molar-refractivity contribution in [2.75, 3.05) is 64.6 Å². The van der Waals surface area contributed by atoms with Gasteiger partial charge in [0.25, 0.3) is 5.91 Å². The van der Waals surface area contributed by atoms with Gasteiger partial charge in [0.15, 0.2) is 0 Å². The van der Waals surface area contributed by atoms with Crippen molar-refractivity contribution in [2.45, 2.75) is 12.8 Å². The molecule has 0 aliphatic carbocycles. The van der Waals surface area contributed by atoms with Crippen LogP contribution in [0.25, 0.3) is 0 Å². The summed E-state index contributed by atoms with van der Waals surface area (Å²) in [6, 6.07) is 7.78. The minimum absolute atomic E-state index is 0.00663. The maximum absolute atomic E-state index is 12.7. The van der Waals surface area contributed by atoms with Crippen molar-refractivity contribution in [3.8, 4) is 0 Å². The number of aliphatic hydroxyl groups is 1. The normalized spacial score (nSPS) is 20.3. The van der Waals surface area contributed by atoms with Crippen LogP contribution in [0.15, 0.2) is 24.3 Å². The molecule has 6 heteroatoms. The summed E-state index contributed by atoms with van der Waals surface area (Å²) in [5.41, 5.74) is 1.56. The van der Waals surface area contributed by atoms with Crippen LogP contribution < -0.4 is 4.90 Å². The monoisotopic (exact) mass is 348 g/mol. The summed E-state index contributed by atoms with van der Waals surface area (Å²) >= 11 is 0. The van der Waals surface area contributed by atoms with E-state index >= 15 is 0 Å². The van der Waals surface area contributed by atoms with Gasteiger partial charge in [0.2, 0.25) is 0 Å². The zero-order valence-electron chi connectivity index (χ0n) is 14.9. The molecule has 0 spiro atoms. The van der Waals surface area contributed by atoms with E-state index in [4.69, 9.17) is 9.47 Å².